The van der Waals surface area contributed by atoms with E-state index in [9.17, 15) is 0 Å². The van der Waals surface area contributed by atoms with Gasteiger partial charge in [-0.05, 0) is 24.2 Å². The van der Waals surface area contributed by atoms with Crippen LogP contribution in [0.1, 0.15) is 31.4 Å². The van der Waals surface area contributed by atoms with E-state index >= 15 is 0 Å². The minimum Gasteiger partial charge on any atom is -0.359 e. The quantitative estimate of drug-likeness (QED) is 0.807. The van der Waals surface area contributed by atoms with Gasteiger partial charge in [0.2, 0.25) is 0 Å². The van der Waals surface area contributed by atoms with Gasteiger partial charge in [0.15, 0.2) is 5.11 Å². The van der Waals surface area contributed by atoms with E-state index in [-0.39, 0.29) is 11.8 Å². The third kappa shape index (κ3) is 2.58. The van der Waals surface area contributed by atoms with E-state index in [1.54, 1.807) is 7.11 Å². The van der Waals surface area contributed by atoms with E-state index in [1.165, 1.54) is 5.56 Å². The minimum absolute atomic E-state index is 0.213. The lowest BCUT2D eigenvalue weighted by Gasteiger charge is -2.42. The molecule has 2 atom stereocenters. The average Bonchev–Trinajstić information content (AvgIpc) is 2.39. The molecule has 0 amide bonds. The van der Waals surface area contributed by atoms with E-state index in [4.69, 9.17) is 17.0 Å². The van der Waals surface area contributed by atoms with Gasteiger partial charge >= 0.3 is 0 Å². The van der Waals surface area contributed by atoms with Gasteiger partial charge in [0.1, 0.15) is 5.72 Å². The summed E-state index contributed by atoms with van der Waals surface area (Å²) in [5.74, 6) is 0. The van der Waals surface area contributed by atoms with Crippen LogP contribution >= 0.6 is 12.2 Å². The molecule has 1 aliphatic rings. The molecule has 17 heavy (non-hydrogen) atoms. The highest BCUT2D eigenvalue weighted by Gasteiger charge is 2.36. The number of methoxy groups -OCH3 is 1. The monoisotopic (exact) mass is 250 g/mol. The highest BCUT2D eigenvalue weighted by Crippen LogP contribution is 2.30. The Hall–Kier alpha value is -1.13. The van der Waals surface area contributed by atoms with E-state index in [1.807, 2.05) is 18.2 Å². The van der Waals surface area contributed by atoms with Crippen molar-refractivity contribution in [2.45, 2.75) is 31.5 Å². The molecule has 1 aromatic rings. The first-order chi connectivity index (χ1) is 8.19. The highest BCUT2D eigenvalue weighted by molar-refractivity contribution is 7.80. The zero-order valence-electron chi connectivity index (χ0n) is 10.2. The summed E-state index contributed by atoms with van der Waals surface area (Å²) in [6, 6.07) is 10.5. The van der Waals surface area contributed by atoms with Crippen LogP contribution in [-0.2, 0) is 4.74 Å². The summed E-state index contributed by atoms with van der Waals surface area (Å²) >= 11 is 5.26. The molecular weight excluding hydrogens is 232 g/mol. The van der Waals surface area contributed by atoms with Crippen molar-refractivity contribution in [2.24, 2.45) is 0 Å². The van der Waals surface area contributed by atoms with Crippen LogP contribution in [0.3, 0.4) is 0 Å². The number of rotatable bonds is 3. The summed E-state index contributed by atoms with van der Waals surface area (Å²) in [6.07, 6.45) is 1.75. The fourth-order valence-corrected chi connectivity index (χ4v) is 2.56. The summed E-state index contributed by atoms with van der Waals surface area (Å²) < 4.78 is 5.61. The Morgan fingerprint density at radius 1 is 1.41 bits per heavy atom. The lowest BCUT2D eigenvalue weighted by atomic mass is 9.93. The zero-order chi connectivity index (χ0) is 12.3. The van der Waals surface area contributed by atoms with E-state index in [2.05, 4.69) is 29.7 Å². The van der Waals surface area contributed by atoms with Crippen LogP contribution in [-0.4, -0.2) is 17.9 Å². The molecular formula is C13H18N2OS. The lowest BCUT2D eigenvalue weighted by Crippen LogP contribution is -2.59. The molecule has 1 saturated heterocycles. The molecule has 1 heterocycles. The molecule has 3 nitrogen and oxygen atoms in total. The van der Waals surface area contributed by atoms with Crippen molar-refractivity contribution in [1.29, 1.82) is 0 Å². The second kappa shape index (κ2) is 5.02. The maximum atomic E-state index is 5.61. The Bertz CT molecular complexity index is 390. The van der Waals surface area contributed by atoms with Crippen molar-refractivity contribution in [3.8, 4) is 0 Å². The van der Waals surface area contributed by atoms with Crippen molar-refractivity contribution in [3.63, 3.8) is 0 Å². The Morgan fingerprint density at radius 2 is 2.12 bits per heavy atom. The molecule has 2 rings (SSSR count). The van der Waals surface area contributed by atoms with E-state index in [0.29, 0.717) is 5.11 Å². The molecule has 4 heteroatoms. The van der Waals surface area contributed by atoms with Gasteiger partial charge in [-0.1, -0.05) is 37.3 Å². The van der Waals surface area contributed by atoms with Crippen LogP contribution < -0.4 is 10.6 Å². The lowest BCUT2D eigenvalue weighted by molar-refractivity contribution is -0.0473. The van der Waals surface area contributed by atoms with Gasteiger partial charge in [0, 0.05) is 13.5 Å². The van der Waals surface area contributed by atoms with Crippen molar-refractivity contribution in [2.75, 3.05) is 7.11 Å². The summed E-state index contributed by atoms with van der Waals surface area (Å²) in [4.78, 5) is 0. The number of nitrogens with one attached hydrogen (secondary N) is 2. The van der Waals surface area contributed by atoms with E-state index in [0.717, 1.165) is 12.8 Å². The van der Waals surface area contributed by atoms with Crippen molar-refractivity contribution < 1.29 is 4.74 Å². The third-order valence-electron chi connectivity index (χ3n) is 3.34. The standard InChI is InChI=1S/C13H18N2OS/c1-3-13(16-2)9-11(14-12(17)15-13)10-7-5-4-6-8-10/h4-8,11H,3,9H2,1-2H3,(H2,14,15,17)/t11-,13-/m0/s1. The molecule has 0 aliphatic carbocycles. The van der Waals surface area contributed by atoms with Gasteiger partial charge < -0.3 is 15.4 Å². The number of hydrogen-bond acceptors (Lipinski definition) is 2. The van der Waals surface area contributed by atoms with Crippen molar-refractivity contribution >= 4 is 17.3 Å². The molecule has 1 aromatic carbocycles. The first kappa shape index (κ1) is 12.3. The Morgan fingerprint density at radius 3 is 2.71 bits per heavy atom. The van der Waals surface area contributed by atoms with Crippen molar-refractivity contribution in [3.05, 3.63) is 35.9 Å². The predicted octanol–water partition coefficient (Wildman–Crippen LogP) is 2.35. The smallest absolute Gasteiger partial charge is 0.168 e. The summed E-state index contributed by atoms with van der Waals surface area (Å²) in [5.41, 5.74) is 0.897. The van der Waals surface area contributed by atoms with Gasteiger partial charge in [-0.15, -0.1) is 0 Å². The molecule has 0 unspecified atom stereocenters. The normalized spacial score (nSPS) is 28.4. The molecule has 0 radical (unpaired) electrons. The number of hydrogen-bond donors (Lipinski definition) is 2. The van der Waals surface area contributed by atoms with Crippen LogP contribution in [0.15, 0.2) is 30.3 Å². The zero-order valence-corrected chi connectivity index (χ0v) is 11.0. The Kier molecular flexibility index (Phi) is 3.64. The predicted molar refractivity (Wildman–Crippen MR) is 72.7 cm³/mol. The maximum Gasteiger partial charge on any atom is 0.168 e. The molecule has 0 spiro atoms. The first-order valence-corrected chi connectivity index (χ1v) is 6.29. The molecule has 0 saturated carbocycles. The molecule has 1 fully saturated rings. The van der Waals surface area contributed by atoms with Gasteiger partial charge in [-0.2, -0.15) is 0 Å². The molecule has 0 aromatic heterocycles. The van der Waals surface area contributed by atoms with Crippen molar-refractivity contribution in [1.82, 2.24) is 10.6 Å². The molecule has 0 bridgehead atoms. The van der Waals surface area contributed by atoms with Crippen LogP contribution in [0.2, 0.25) is 0 Å². The second-order valence-electron chi connectivity index (χ2n) is 4.32. The number of benzene rings is 1. The minimum atomic E-state index is -0.344. The van der Waals surface area contributed by atoms with Gasteiger partial charge in [-0.3, -0.25) is 0 Å². The molecule has 1 aliphatic heterocycles. The third-order valence-corrected chi connectivity index (χ3v) is 3.56. The van der Waals surface area contributed by atoms with Gasteiger partial charge in [0.05, 0.1) is 6.04 Å². The Labute approximate surface area is 108 Å². The van der Waals surface area contributed by atoms with Crippen LogP contribution in [0.4, 0.5) is 0 Å². The topological polar surface area (TPSA) is 33.3 Å². The number of ether oxygens (including phenoxy) is 1. The first-order valence-electron chi connectivity index (χ1n) is 5.88. The van der Waals surface area contributed by atoms with Gasteiger partial charge in [-0.25, -0.2) is 0 Å². The van der Waals surface area contributed by atoms with E-state index < -0.39 is 0 Å². The molecule has 2 N–H and O–H groups in total. The van der Waals surface area contributed by atoms with Crippen LogP contribution in [0.25, 0.3) is 0 Å². The van der Waals surface area contributed by atoms with Crippen LogP contribution in [0, 0.1) is 0 Å². The summed E-state index contributed by atoms with van der Waals surface area (Å²) in [5, 5.41) is 7.18. The number of thiocarbonyl (C=S) groups is 1. The van der Waals surface area contributed by atoms with Gasteiger partial charge in [0.25, 0.3) is 0 Å². The molecule has 92 valence electrons. The summed E-state index contributed by atoms with van der Waals surface area (Å²) in [7, 11) is 1.73. The fourth-order valence-electron chi connectivity index (χ4n) is 2.23. The SMILES string of the molecule is CC[C@]1(OC)C[C@@H](c2ccccc2)NC(=S)N1. The largest absolute Gasteiger partial charge is 0.359 e. The fraction of sp³-hybridized carbons (Fsp3) is 0.462. The second-order valence-corrected chi connectivity index (χ2v) is 4.73. The summed E-state index contributed by atoms with van der Waals surface area (Å²) in [6.45, 7) is 2.10. The Balaban J connectivity index is 2.22. The highest BCUT2D eigenvalue weighted by atomic mass is 32.1. The maximum absolute atomic E-state index is 5.61. The average molecular weight is 250 g/mol. The van der Waals surface area contributed by atoms with Crippen LogP contribution in [0.5, 0.6) is 0 Å².